The lowest BCUT2D eigenvalue weighted by atomic mass is 10.2. The maximum Gasteiger partial charge on any atom is 0.219 e. The summed E-state index contributed by atoms with van der Waals surface area (Å²) in [6.45, 7) is 2.00. The summed E-state index contributed by atoms with van der Waals surface area (Å²) in [5.41, 5.74) is 2.68. The molecule has 0 unspecified atom stereocenters. The van der Waals surface area contributed by atoms with Gasteiger partial charge in [-0.05, 0) is 36.8 Å². The lowest BCUT2D eigenvalue weighted by Crippen LogP contribution is -2.10. The third-order valence-electron chi connectivity index (χ3n) is 4.26. The van der Waals surface area contributed by atoms with Crippen molar-refractivity contribution in [2.75, 3.05) is 5.32 Å². The van der Waals surface area contributed by atoms with Crippen LogP contribution in [0.4, 0.5) is 5.69 Å². The van der Waals surface area contributed by atoms with E-state index < -0.39 is 9.84 Å². The highest BCUT2D eigenvalue weighted by atomic mass is 35.5. The number of allylic oxidation sites excluding steroid dienone is 1. The Labute approximate surface area is 186 Å². The van der Waals surface area contributed by atoms with E-state index in [9.17, 15) is 13.7 Å². The predicted octanol–water partition coefficient (Wildman–Crippen LogP) is 6.16. The van der Waals surface area contributed by atoms with Gasteiger partial charge < -0.3 is 5.32 Å². The van der Waals surface area contributed by atoms with E-state index in [0.29, 0.717) is 16.5 Å². The molecule has 0 saturated carbocycles. The monoisotopic (exact) mass is 454 g/mol. The molecule has 0 heterocycles. The number of nitrogens with zero attached hydrogens (tertiary/aromatic N) is 1. The van der Waals surface area contributed by atoms with Gasteiger partial charge in [0, 0.05) is 5.75 Å². The number of rotatable bonds is 7. The van der Waals surface area contributed by atoms with Crippen LogP contribution in [0.1, 0.15) is 11.1 Å². The number of nitrogens with one attached hydrogen (secondary N) is 1. The molecule has 0 aliphatic rings. The minimum Gasteiger partial charge on any atom is -0.347 e. The number of hydrogen-bond donors (Lipinski definition) is 1. The van der Waals surface area contributed by atoms with Crippen molar-refractivity contribution in [2.24, 2.45) is 0 Å². The number of hydrogen-bond acceptors (Lipinski definition) is 5. The van der Waals surface area contributed by atoms with E-state index >= 15 is 0 Å². The van der Waals surface area contributed by atoms with Crippen LogP contribution >= 0.6 is 23.4 Å². The zero-order chi connectivity index (χ0) is 21.6. The first-order chi connectivity index (χ1) is 14.4. The van der Waals surface area contributed by atoms with E-state index in [4.69, 9.17) is 11.6 Å². The molecule has 1 N–H and O–H groups in total. The first kappa shape index (κ1) is 22.0. The molecule has 3 aromatic carbocycles. The highest BCUT2D eigenvalue weighted by molar-refractivity contribution is 8.04. The number of aryl methyl sites for hydroxylation is 1. The average molecular weight is 455 g/mol. The maximum absolute atomic E-state index is 13.2. The van der Waals surface area contributed by atoms with Crippen molar-refractivity contribution in [2.45, 2.75) is 17.6 Å². The van der Waals surface area contributed by atoms with Gasteiger partial charge in [0.2, 0.25) is 9.84 Å². The molecule has 0 bridgehead atoms. The number of thioether (sulfide) groups is 1. The molecule has 0 spiro atoms. The number of nitriles is 1. The molecule has 4 nitrogen and oxygen atoms in total. The third-order valence-corrected chi connectivity index (χ3v) is 7.51. The molecule has 30 heavy (non-hydrogen) atoms. The van der Waals surface area contributed by atoms with Gasteiger partial charge in [0.25, 0.3) is 0 Å². The van der Waals surface area contributed by atoms with E-state index in [0.717, 1.165) is 11.1 Å². The second kappa shape index (κ2) is 9.86. The SMILES string of the molecule is Cc1ccc(CS/C(Nc2ccccc2Cl)=C(\C#N)S(=O)(=O)c2ccccc2)cc1. The molecule has 0 atom stereocenters. The Morgan fingerprint density at radius 3 is 2.27 bits per heavy atom. The van der Waals surface area contributed by atoms with Gasteiger partial charge in [0.05, 0.1) is 15.6 Å². The van der Waals surface area contributed by atoms with Gasteiger partial charge in [-0.3, -0.25) is 0 Å². The largest absolute Gasteiger partial charge is 0.347 e. The normalized spacial score (nSPS) is 12.0. The van der Waals surface area contributed by atoms with Gasteiger partial charge in [0.1, 0.15) is 11.1 Å². The lowest BCUT2D eigenvalue weighted by molar-refractivity contribution is 0.603. The first-order valence-electron chi connectivity index (χ1n) is 9.06. The Balaban J connectivity index is 2.04. The van der Waals surface area contributed by atoms with Crippen molar-refractivity contribution in [3.05, 3.63) is 105 Å². The number of halogens is 1. The second-order valence-electron chi connectivity index (χ2n) is 6.47. The molecule has 3 rings (SSSR count). The molecule has 0 aliphatic heterocycles. The zero-order valence-corrected chi connectivity index (χ0v) is 18.6. The van der Waals surface area contributed by atoms with Crippen LogP contribution in [0, 0.1) is 18.3 Å². The smallest absolute Gasteiger partial charge is 0.219 e. The molecule has 0 fully saturated rings. The molecule has 0 radical (unpaired) electrons. The molecule has 3 aromatic rings. The van der Waals surface area contributed by atoms with Crippen LogP contribution in [0.15, 0.2) is 93.7 Å². The summed E-state index contributed by atoms with van der Waals surface area (Å²) >= 11 is 7.50. The Bertz CT molecular complexity index is 1200. The minimum absolute atomic E-state index is 0.0657. The molecule has 0 amide bonds. The van der Waals surface area contributed by atoms with Crippen LogP contribution in [0.2, 0.25) is 5.02 Å². The molecular weight excluding hydrogens is 436 g/mol. The number of benzene rings is 3. The summed E-state index contributed by atoms with van der Waals surface area (Å²) in [6, 6.07) is 24.8. The summed E-state index contributed by atoms with van der Waals surface area (Å²) < 4.78 is 26.3. The van der Waals surface area contributed by atoms with Gasteiger partial charge in [-0.15, -0.1) is 11.8 Å². The van der Waals surface area contributed by atoms with Crippen LogP contribution in [-0.4, -0.2) is 8.42 Å². The first-order valence-corrected chi connectivity index (χ1v) is 11.9. The number of anilines is 1. The fourth-order valence-electron chi connectivity index (χ4n) is 2.63. The highest BCUT2D eigenvalue weighted by Gasteiger charge is 2.25. The Morgan fingerprint density at radius 2 is 1.63 bits per heavy atom. The van der Waals surface area contributed by atoms with Crippen molar-refractivity contribution in [1.29, 1.82) is 5.26 Å². The lowest BCUT2D eigenvalue weighted by Gasteiger charge is -2.15. The summed E-state index contributed by atoms with van der Waals surface area (Å²) in [5, 5.41) is 13.5. The van der Waals surface area contributed by atoms with Gasteiger partial charge in [0.15, 0.2) is 4.91 Å². The molecule has 0 aliphatic carbocycles. The third kappa shape index (κ3) is 5.25. The Hall–Kier alpha value is -2.72. The quantitative estimate of drug-likeness (QED) is 0.433. The topological polar surface area (TPSA) is 70.0 Å². The summed E-state index contributed by atoms with van der Waals surface area (Å²) in [5.74, 6) is 0.489. The maximum atomic E-state index is 13.2. The number of sulfone groups is 1. The standard InChI is InChI=1S/C23H19ClN2O2S2/c1-17-11-13-18(14-12-17)16-29-23(26-21-10-6-5-9-20(21)24)22(15-25)30(27,28)19-7-3-2-4-8-19/h2-14,26H,16H2,1H3/b23-22+. The van der Waals surface area contributed by atoms with Crippen molar-refractivity contribution >= 4 is 38.9 Å². The van der Waals surface area contributed by atoms with Crippen molar-refractivity contribution < 1.29 is 8.42 Å². The molecule has 7 heteroatoms. The van der Waals surface area contributed by atoms with E-state index in [1.807, 2.05) is 37.3 Å². The van der Waals surface area contributed by atoms with E-state index in [1.54, 1.807) is 42.5 Å². The van der Waals surface area contributed by atoms with Gasteiger partial charge >= 0.3 is 0 Å². The van der Waals surface area contributed by atoms with Gasteiger partial charge in [-0.25, -0.2) is 8.42 Å². The molecule has 0 saturated heterocycles. The molecule has 0 aromatic heterocycles. The number of para-hydroxylation sites is 1. The van der Waals surface area contributed by atoms with Crippen molar-refractivity contribution in [3.8, 4) is 6.07 Å². The summed E-state index contributed by atoms with van der Waals surface area (Å²) in [6.07, 6.45) is 0. The van der Waals surface area contributed by atoms with Gasteiger partial charge in [-0.2, -0.15) is 5.26 Å². The van der Waals surface area contributed by atoms with Crippen molar-refractivity contribution in [3.63, 3.8) is 0 Å². The van der Waals surface area contributed by atoms with Crippen LogP contribution in [-0.2, 0) is 15.6 Å². The fourth-order valence-corrected chi connectivity index (χ4v) is 5.35. The fraction of sp³-hybridized carbons (Fsp3) is 0.0870. The highest BCUT2D eigenvalue weighted by Crippen LogP contribution is 2.33. The van der Waals surface area contributed by atoms with Gasteiger partial charge in [-0.1, -0.05) is 71.8 Å². The Morgan fingerprint density at radius 1 is 1.00 bits per heavy atom. The van der Waals surface area contributed by atoms with Crippen LogP contribution < -0.4 is 5.32 Å². The summed E-state index contributed by atoms with van der Waals surface area (Å²) in [4.78, 5) is -0.276. The van der Waals surface area contributed by atoms with Crippen molar-refractivity contribution in [1.82, 2.24) is 0 Å². The predicted molar refractivity (Wildman–Crippen MR) is 124 cm³/mol. The zero-order valence-electron chi connectivity index (χ0n) is 16.2. The average Bonchev–Trinajstić information content (AvgIpc) is 2.75. The van der Waals surface area contributed by atoms with Crippen LogP contribution in [0.25, 0.3) is 0 Å². The van der Waals surface area contributed by atoms with E-state index in [-0.39, 0.29) is 14.8 Å². The van der Waals surface area contributed by atoms with Crippen LogP contribution in [0.3, 0.4) is 0 Å². The van der Waals surface area contributed by atoms with E-state index in [2.05, 4.69) is 5.32 Å². The molecular formula is C23H19ClN2O2S2. The molecule has 152 valence electrons. The van der Waals surface area contributed by atoms with Crippen LogP contribution in [0.5, 0.6) is 0 Å². The second-order valence-corrected chi connectivity index (χ2v) is 9.74. The minimum atomic E-state index is -4.00. The summed E-state index contributed by atoms with van der Waals surface area (Å²) in [7, 11) is -4.00. The Kier molecular flexibility index (Phi) is 7.22. The van der Waals surface area contributed by atoms with E-state index in [1.165, 1.54) is 23.9 Å².